The highest BCUT2D eigenvalue weighted by atomic mass is 16.4. The fraction of sp³-hybridized carbons (Fsp3) is 0.667. The van der Waals surface area contributed by atoms with Crippen LogP contribution >= 0.6 is 0 Å². The second kappa shape index (κ2) is 12.7. The van der Waals surface area contributed by atoms with Crippen molar-refractivity contribution >= 4 is 23.7 Å². The number of carboxylic acids is 2. The lowest BCUT2D eigenvalue weighted by atomic mass is 10.1. The van der Waals surface area contributed by atoms with Crippen molar-refractivity contribution in [3.8, 4) is 0 Å². The van der Waals surface area contributed by atoms with Gasteiger partial charge in [-0.15, -0.1) is 0 Å². The van der Waals surface area contributed by atoms with Gasteiger partial charge >= 0.3 is 11.9 Å². The first-order valence-electron chi connectivity index (χ1n) is 9.63. The Morgan fingerprint density at radius 3 is 2.21 bits per heavy atom. The molecule has 0 aromatic carbocycles. The van der Waals surface area contributed by atoms with E-state index in [1.165, 1.54) is 0 Å². The van der Waals surface area contributed by atoms with Crippen molar-refractivity contribution in [2.75, 3.05) is 18.0 Å². The lowest BCUT2D eigenvalue weighted by Crippen LogP contribution is -2.37. The van der Waals surface area contributed by atoms with Crippen LogP contribution in [0.1, 0.15) is 63.4 Å². The van der Waals surface area contributed by atoms with Gasteiger partial charge in [-0.1, -0.05) is 32.1 Å². The summed E-state index contributed by atoms with van der Waals surface area (Å²) in [4.78, 5) is 39.6. The molecule has 0 aliphatic rings. The van der Waals surface area contributed by atoms with Crippen molar-refractivity contribution in [3.05, 3.63) is 15.9 Å². The van der Waals surface area contributed by atoms with E-state index in [0.29, 0.717) is 18.5 Å². The molecule has 10 heteroatoms. The summed E-state index contributed by atoms with van der Waals surface area (Å²) in [5.74, 6) is -1.79. The number of hydrogen-bond donors (Lipinski definition) is 6. The quantitative estimate of drug-likeness (QED) is 0.236. The van der Waals surface area contributed by atoms with Gasteiger partial charge in [0.1, 0.15) is 11.9 Å². The number of nitrogens with two attached hydrogens (primary N) is 2. The minimum absolute atomic E-state index is 0.0253. The molecule has 8 N–H and O–H groups in total. The molecule has 0 aliphatic heterocycles. The fourth-order valence-corrected chi connectivity index (χ4v) is 2.94. The van der Waals surface area contributed by atoms with Gasteiger partial charge in [0, 0.05) is 6.42 Å². The third-order valence-corrected chi connectivity index (χ3v) is 4.51. The number of nitrogens with one attached hydrogen (secondary N) is 2. The number of carbonyl (C=O) groups is 2. The predicted molar refractivity (Wildman–Crippen MR) is 106 cm³/mol. The summed E-state index contributed by atoms with van der Waals surface area (Å²) in [6, 6.07) is -0.811. The molecular formula is C18H31N5O5. The number of anilines is 2. The summed E-state index contributed by atoms with van der Waals surface area (Å²) >= 11 is 0. The van der Waals surface area contributed by atoms with Crippen molar-refractivity contribution in [2.45, 2.75) is 70.3 Å². The third kappa shape index (κ3) is 9.36. The SMILES string of the molecule is Nc1nc(N)c(CCCCCCCCCN[C@@H](CCC(=O)O)C(=O)O)c(=O)[nH]1. The average molecular weight is 397 g/mol. The van der Waals surface area contributed by atoms with Crippen LogP contribution in [0.25, 0.3) is 0 Å². The highest BCUT2D eigenvalue weighted by Crippen LogP contribution is 2.12. The van der Waals surface area contributed by atoms with Crippen molar-refractivity contribution in [1.29, 1.82) is 0 Å². The molecule has 1 aromatic rings. The zero-order valence-corrected chi connectivity index (χ0v) is 16.1. The van der Waals surface area contributed by atoms with Crippen molar-refractivity contribution < 1.29 is 19.8 Å². The maximum atomic E-state index is 11.8. The Morgan fingerprint density at radius 2 is 1.64 bits per heavy atom. The molecule has 1 rings (SSSR count). The van der Waals surface area contributed by atoms with Crippen molar-refractivity contribution in [1.82, 2.24) is 15.3 Å². The van der Waals surface area contributed by atoms with E-state index in [-0.39, 0.29) is 30.2 Å². The van der Waals surface area contributed by atoms with Gasteiger partial charge in [-0.2, -0.15) is 4.98 Å². The Hall–Kier alpha value is -2.62. The van der Waals surface area contributed by atoms with Crippen LogP contribution < -0.4 is 22.3 Å². The number of hydrogen-bond acceptors (Lipinski definition) is 7. The largest absolute Gasteiger partial charge is 0.481 e. The van der Waals surface area contributed by atoms with Crippen LogP contribution in [0.3, 0.4) is 0 Å². The summed E-state index contributed by atoms with van der Waals surface area (Å²) in [5, 5.41) is 20.6. The van der Waals surface area contributed by atoms with E-state index < -0.39 is 18.0 Å². The number of nitrogen functional groups attached to an aromatic ring is 2. The lowest BCUT2D eigenvalue weighted by molar-refractivity contribution is -0.140. The lowest BCUT2D eigenvalue weighted by Gasteiger charge is -2.13. The minimum Gasteiger partial charge on any atom is -0.481 e. The van der Waals surface area contributed by atoms with Crippen LogP contribution in [0.15, 0.2) is 4.79 Å². The molecule has 28 heavy (non-hydrogen) atoms. The number of H-pyrrole nitrogens is 1. The Labute approximate surface area is 163 Å². The normalized spacial score (nSPS) is 12.0. The number of aromatic nitrogens is 2. The van der Waals surface area contributed by atoms with Gasteiger partial charge in [-0.3, -0.25) is 19.4 Å². The monoisotopic (exact) mass is 397 g/mol. The highest BCUT2D eigenvalue weighted by Gasteiger charge is 2.17. The molecule has 0 amide bonds. The van der Waals surface area contributed by atoms with E-state index in [2.05, 4.69) is 15.3 Å². The number of unbranched alkanes of at least 4 members (excludes halogenated alkanes) is 6. The Kier molecular flexibility index (Phi) is 10.6. The molecule has 0 fully saturated rings. The van der Waals surface area contributed by atoms with Crippen LogP contribution in [0, 0.1) is 0 Å². The van der Waals surface area contributed by atoms with Crippen LogP contribution in [0.2, 0.25) is 0 Å². The van der Waals surface area contributed by atoms with Crippen LogP contribution in [-0.2, 0) is 16.0 Å². The summed E-state index contributed by atoms with van der Waals surface area (Å²) in [6.45, 7) is 0.558. The van der Waals surface area contributed by atoms with Crippen LogP contribution in [0.4, 0.5) is 11.8 Å². The number of nitrogens with zero attached hydrogens (tertiary/aromatic N) is 1. The van der Waals surface area contributed by atoms with Gasteiger partial charge in [0.2, 0.25) is 5.95 Å². The number of rotatable bonds is 15. The van der Waals surface area contributed by atoms with E-state index in [9.17, 15) is 14.4 Å². The van der Waals surface area contributed by atoms with Gasteiger partial charge in [0.25, 0.3) is 5.56 Å². The first-order chi connectivity index (χ1) is 13.3. The Morgan fingerprint density at radius 1 is 1.04 bits per heavy atom. The molecule has 0 spiro atoms. The molecule has 1 heterocycles. The van der Waals surface area contributed by atoms with Crippen molar-refractivity contribution in [3.63, 3.8) is 0 Å². The summed E-state index contributed by atoms with van der Waals surface area (Å²) in [6.07, 6.45) is 7.31. The fourth-order valence-electron chi connectivity index (χ4n) is 2.94. The van der Waals surface area contributed by atoms with Crippen LogP contribution in [0.5, 0.6) is 0 Å². The Bertz CT molecular complexity index is 691. The van der Waals surface area contributed by atoms with Gasteiger partial charge in [-0.25, -0.2) is 0 Å². The number of carboxylic acid groups (broad SMARTS) is 2. The topological polar surface area (TPSA) is 184 Å². The highest BCUT2D eigenvalue weighted by molar-refractivity contribution is 5.75. The standard InChI is InChI=1S/C18H31N5O5/c19-15-12(16(26)23-18(20)22-15)8-6-4-2-1-3-5-7-11-21-13(17(27)28)9-10-14(24)25/h13,21H,1-11H2,(H,24,25)(H,27,28)(H5,19,20,22,23,26)/t13-/m0/s1. The molecule has 0 saturated carbocycles. The maximum Gasteiger partial charge on any atom is 0.320 e. The molecule has 1 aromatic heterocycles. The predicted octanol–water partition coefficient (Wildman–Crippen LogP) is 1.12. The van der Waals surface area contributed by atoms with E-state index in [1.807, 2.05) is 0 Å². The Balaban J connectivity index is 2.07. The van der Waals surface area contributed by atoms with Gasteiger partial charge in [0.15, 0.2) is 0 Å². The molecule has 0 bridgehead atoms. The molecule has 158 valence electrons. The first kappa shape index (κ1) is 23.4. The first-order valence-corrected chi connectivity index (χ1v) is 9.63. The van der Waals surface area contributed by atoms with E-state index >= 15 is 0 Å². The minimum atomic E-state index is -1.02. The molecule has 1 atom stereocenters. The summed E-state index contributed by atoms with van der Waals surface area (Å²) < 4.78 is 0. The molecule has 0 saturated heterocycles. The third-order valence-electron chi connectivity index (χ3n) is 4.51. The van der Waals surface area contributed by atoms with Gasteiger partial charge in [0.05, 0.1) is 5.56 Å². The van der Waals surface area contributed by atoms with Crippen molar-refractivity contribution in [2.24, 2.45) is 0 Å². The molecular weight excluding hydrogens is 366 g/mol. The molecule has 0 radical (unpaired) electrons. The summed E-state index contributed by atoms with van der Waals surface area (Å²) in [7, 11) is 0. The zero-order valence-electron chi connectivity index (χ0n) is 16.1. The average Bonchev–Trinajstić information content (AvgIpc) is 2.60. The van der Waals surface area contributed by atoms with Gasteiger partial charge in [-0.05, 0) is 32.2 Å². The van der Waals surface area contributed by atoms with E-state index in [0.717, 1.165) is 44.9 Å². The second-order valence-corrected chi connectivity index (χ2v) is 6.82. The number of aliphatic carboxylic acids is 2. The summed E-state index contributed by atoms with van der Waals surface area (Å²) in [5.41, 5.74) is 11.4. The smallest absolute Gasteiger partial charge is 0.320 e. The number of aromatic amines is 1. The maximum absolute atomic E-state index is 11.8. The molecule has 0 unspecified atom stereocenters. The van der Waals surface area contributed by atoms with Crippen LogP contribution in [-0.4, -0.2) is 44.7 Å². The van der Waals surface area contributed by atoms with E-state index in [1.54, 1.807) is 0 Å². The molecule has 10 nitrogen and oxygen atoms in total. The molecule has 0 aliphatic carbocycles. The second-order valence-electron chi connectivity index (χ2n) is 6.82. The van der Waals surface area contributed by atoms with E-state index in [4.69, 9.17) is 21.7 Å². The van der Waals surface area contributed by atoms with Gasteiger partial charge < -0.3 is 27.0 Å². The zero-order chi connectivity index (χ0) is 20.9.